The van der Waals surface area contributed by atoms with E-state index in [9.17, 15) is 24.3 Å². The van der Waals surface area contributed by atoms with Gasteiger partial charge in [-0.1, -0.05) is 24.3 Å². The lowest BCUT2D eigenvalue weighted by atomic mass is 10.1. The molecular formula is C44H52N8O8. The van der Waals surface area contributed by atoms with E-state index in [4.69, 9.17) is 13.6 Å². The van der Waals surface area contributed by atoms with E-state index < -0.39 is 23.3 Å². The van der Waals surface area contributed by atoms with Gasteiger partial charge in [0.05, 0.1) is 0 Å². The molecule has 4 amide bonds. The van der Waals surface area contributed by atoms with Crippen molar-refractivity contribution < 1.29 is 37.9 Å². The second kappa shape index (κ2) is 20.0. The van der Waals surface area contributed by atoms with Crippen LogP contribution in [0.3, 0.4) is 0 Å². The van der Waals surface area contributed by atoms with Gasteiger partial charge in [0.15, 0.2) is 11.2 Å². The summed E-state index contributed by atoms with van der Waals surface area (Å²) < 4.78 is 16.4. The van der Waals surface area contributed by atoms with Crippen LogP contribution >= 0.6 is 0 Å². The highest BCUT2D eigenvalue weighted by molar-refractivity contribution is 5.91. The number of aromatic nitrogens is 2. The lowest BCUT2D eigenvalue weighted by Gasteiger charge is -2.33. The molecule has 6 N–H and O–H groups in total. The van der Waals surface area contributed by atoms with E-state index in [-0.39, 0.29) is 18.2 Å². The maximum Gasteiger partial charge on any atom is 0.407 e. The Balaban J connectivity index is 0.000000228. The lowest BCUT2D eigenvalue weighted by Crippen LogP contribution is -2.45. The van der Waals surface area contributed by atoms with Crippen molar-refractivity contribution in [3.63, 3.8) is 0 Å². The van der Waals surface area contributed by atoms with E-state index in [1.54, 1.807) is 45.0 Å². The number of nitrogens with one attached hydrogen (secondary N) is 5. The first-order valence-electron chi connectivity index (χ1n) is 19.5. The van der Waals surface area contributed by atoms with Crippen LogP contribution in [0.1, 0.15) is 67.2 Å². The molecule has 0 fully saturated rings. The molecule has 0 spiro atoms. The van der Waals surface area contributed by atoms with Crippen molar-refractivity contribution in [2.24, 2.45) is 0 Å². The van der Waals surface area contributed by atoms with Gasteiger partial charge in [0.2, 0.25) is 11.8 Å². The second-order valence-electron chi connectivity index (χ2n) is 15.7. The van der Waals surface area contributed by atoms with E-state index in [1.807, 2.05) is 93.6 Å². The number of carboxylic acid groups (broad SMARTS) is 1. The summed E-state index contributed by atoms with van der Waals surface area (Å²) in [6.45, 7) is 11.6. The standard InChI is InChI=1S/2C22H26N4O4/c1-22(2,3)26(21(28)29)14-6-9-19(27)23-15-10-12-16(13-11-15)24-20-25-17-7-4-5-8-18(17)30-20;1-22(2,3)30-21(28)23-14-6-9-19(27)24-15-10-12-16(13-11-15)25-20-26-17-7-4-5-8-18(17)29-20/h4-5,7-8,10-13H,6,9,14H2,1-3H3,(H,23,27)(H,24,25)(H,28,29);4-5,7-8,10-13H,6,9,14H2,1-3H3,(H,23,28)(H,24,27)(H,25,26). The molecule has 6 rings (SSSR count). The molecule has 16 nitrogen and oxygen atoms in total. The summed E-state index contributed by atoms with van der Waals surface area (Å²) in [5, 5.41) is 23.8. The zero-order chi connectivity index (χ0) is 43.3. The molecule has 0 atom stereocenters. The third kappa shape index (κ3) is 14.1. The Hall–Kier alpha value is -7.10. The number of carbonyl (C=O) groups excluding carboxylic acids is 3. The van der Waals surface area contributed by atoms with Crippen molar-refractivity contribution in [2.45, 2.75) is 78.4 Å². The maximum atomic E-state index is 12.2. The Morgan fingerprint density at radius 3 is 1.48 bits per heavy atom. The first-order valence-corrected chi connectivity index (χ1v) is 19.5. The van der Waals surface area contributed by atoms with Gasteiger partial charge in [-0.25, -0.2) is 9.59 Å². The van der Waals surface area contributed by atoms with Crippen LogP contribution in [0.15, 0.2) is 106 Å². The van der Waals surface area contributed by atoms with Gasteiger partial charge in [-0.05, 0) is 127 Å². The van der Waals surface area contributed by atoms with E-state index in [2.05, 4.69) is 36.6 Å². The number of amides is 4. The topological polar surface area (TPSA) is 213 Å². The molecule has 16 heteroatoms. The van der Waals surface area contributed by atoms with Crippen LogP contribution in [0, 0.1) is 0 Å². The fourth-order valence-corrected chi connectivity index (χ4v) is 5.69. The molecule has 0 aliphatic rings. The maximum absolute atomic E-state index is 12.2. The second-order valence-corrected chi connectivity index (χ2v) is 15.7. The molecule has 4 aromatic carbocycles. The van der Waals surface area contributed by atoms with Crippen LogP contribution in [0.4, 0.5) is 44.4 Å². The Labute approximate surface area is 348 Å². The normalized spacial score (nSPS) is 11.2. The third-order valence-electron chi connectivity index (χ3n) is 8.50. The number of hydrogen-bond donors (Lipinski definition) is 6. The number of anilines is 6. The Bertz CT molecular complexity index is 2290. The molecule has 2 aromatic heterocycles. The SMILES string of the molecule is CC(C)(C)N(CCCC(=O)Nc1ccc(Nc2nc3ccccc3o2)cc1)C(=O)O.CC(C)(C)OC(=O)NCCCC(=O)Nc1ccc(Nc2nc3ccccc3o2)cc1. The van der Waals surface area contributed by atoms with Crippen molar-refractivity contribution in [1.29, 1.82) is 0 Å². The van der Waals surface area contributed by atoms with Crippen LogP contribution in [-0.4, -0.2) is 68.2 Å². The Morgan fingerprint density at radius 1 is 0.633 bits per heavy atom. The summed E-state index contributed by atoms with van der Waals surface area (Å²) in [6, 6.07) is 30.3. The van der Waals surface area contributed by atoms with Crippen molar-refractivity contribution in [2.75, 3.05) is 34.4 Å². The minimum absolute atomic E-state index is 0.124. The number of oxazole rings is 2. The number of rotatable bonds is 14. The number of hydrogen-bond acceptors (Lipinski definition) is 11. The molecule has 60 heavy (non-hydrogen) atoms. The number of carbonyl (C=O) groups is 4. The van der Waals surface area contributed by atoms with Crippen molar-refractivity contribution in [1.82, 2.24) is 20.2 Å². The highest BCUT2D eigenvalue weighted by Crippen LogP contribution is 2.25. The molecule has 0 aliphatic heterocycles. The van der Waals surface area contributed by atoms with Gasteiger partial charge < -0.3 is 50.2 Å². The molecule has 0 bridgehead atoms. The number of nitrogens with zero attached hydrogens (tertiary/aromatic N) is 3. The summed E-state index contributed by atoms with van der Waals surface area (Å²) in [5.74, 6) is -0.283. The first-order chi connectivity index (χ1) is 28.5. The number of benzene rings is 4. The molecule has 0 saturated carbocycles. The van der Waals surface area contributed by atoms with E-state index in [0.717, 1.165) is 22.4 Å². The van der Waals surface area contributed by atoms with Crippen LogP contribution in [0.25, 0.3) is 22.2 Å². The Morgan fingerprint density at radius 2 is 1.07 bits per heavy atom. The van der Waals surface area contributed by atoms with Crippen LogP contribution in [0.2, 0.25) is 0 Å². The summed E-state index contributed by atoms with van der Waals surface area (Å²) in [4.78, 5) is 57.2. The molecule has 0 radical (unpaired) electrons. The van der Waals surface area contributed by atoms with E-state index in [1.165, 1.54) is 4.90 Å². The quantitative estimate of drug-likeness (QED) is 0.0567. The molecule has 6 aromatic rings. The average molecular weight is 821 g/mol. The van der Waals surface area contributed by atoms with Crippen molar-refractivity contribution in [3.05, 3.63) is 97.1 Å². The zero-order valence-corrected chi connectivity index (χ0v) is 34.6. The molecule has 0 aliphatic carbocycles. The average Bonchev–Trinajstić information content (AvgIpc) is 3.79. The monoisotopic (exact) mass is 820 g/mol. The van der Waals surface area contributed by atoms with Gasteiger partial charge in [-0.2, -0.15) is 9.97 Å². The van der Waals surface area contributed by atoms with Crippen LogP contribution in [-0.2, 0) is 14.3 Å². The number of para-hydroxylation sites is 4. The number of ether oxygens (including phenoxy) is 1. The molecule has 0 saturated heterocycles. The minimum atomic E-state index is -0.982. The van der Waals surface area contributed by atoms with E-state index in [0.29, 0.717) is 66.9 Å². The predicted octanol–water partition coefficient (Wildman–Crippen LogP) is 9.88. The first kappa shape index (κ1) is 44.0. The fourth-order valence-electron chi connectivity index (χ4n) is 5.69. The fraction of sp³-hybridized carbons (Fsp3) is 0.318. The number of fused-ring (bicyclic) bond motifs is 2. The molecular weight excluding hydrogens is 769 g/mol. The van der Waals surface area contributed by atoms with Crippen molar-refractivity contribution >= 4 is 81.0 Å². The summed E-state index contributed by atoms with van der Waals surface area (Å²) >= 11 is 0. The minimum Gasteiger partial charge on any atom is -0.465 e. The highest BCUT2D eigenvalue weighted by atomic mass is 16.6. The molecule has 2 heterocycles. The largest absolute Gasteiger partial charge is 0.465 e. The van der Waals surface area contributed by atoms with Gasteiger partial charge in [-0.3, -0.25) is 9.59 Å². The van der Waals surface area contributed by atoms with Gasteiger partial charge >= 0.3 is 12.2 Å². The Kier molecular flexibility index (Phi) is 14.7. The summed E-state index contributed by atoms with van der Waals surface area (Å²) in [7, 11) is 0. The zero-order valence-electron chi connectivity index (χ0n) is 34.6. The van der Waals surface area contributed by atoms with Gasteiger partial charge in [0, 0.05) is 54.2 Å². The van der Waals surface area contributed by atoms with Crippen LogP contribution in [0.5, 0.6) is 0 Å². The third-order valence-corrected chi connectivity index (χ3v) is 8.50. The van der Waals surface area contributed by atoms with Gasteiger partial charge in [0.1, 0.15) is 16.6 Å². The van der Waals surface area contributed by atoms with Crippen LogP contribution < -0.4 is 26.6 Å². The van der Waals surface area contributed by atoms with E-state index >= 15 is 0 Å². The summed E-state index contributed by atoms with van der Waals surface area (Å²) in [5.41, 5.74) is 4.85. The van der Waals surface area contributed by atoms with Crippen molar-refractivity contribution in [3.8, 4) is 0 Å². The lowest BCUT2D eigenvalue weighted by molar-refractivity contribution is -0.117. The smallest absolute Gasteiger partial charge is 0.407 e. The van der Waals surface area contributed by atoms with Gasteiger partial charge in [0.25, 0.3) is 12.0 Å². The molecule has 316 valence electrons. The number of alkyl carbamates (subject to hydrolysis) is 1. The highest BCUT2D eigenvalue weighted by Gasteiger charge is 2.25. The van der Waals surface area contributed by atoms with Gasteiger partial charge in [-0.15, -0.1) is 0 Å². The molecule has 0 unspecified atom stereocenters. The predicted molar refractivity (Wildman–Crippen MR) is 232 cm³/mol. The summed E-state index contributed by atoms with van der Waals surface area (Å²) in [6.07, 6.45) is 0.0336.